The average molecular weight is 346 g/mol. The Hall–Kier alpha value is -2.14. The molecule has 3 rings (SSSR count). The maximum Gasteiger partial charge on any atom is 0.360 e. The quantitative estimate of drug-likeness (QED) is 0.658. The molecule has 0 unspecified atom stereocenters. The molecule has 0 bridgehead atoms. The lowest BCUT2D eigenvalue weighted by molar-refractivity contribution is -0.110. The summed E-state index contributed by atoms with van der Waals surface area (Å²) in [5, 5.41) is 3.20. The fraction of sp³-hybridized carbons (Fsp3) is 0.235. The van der Waals surface area contributed by atoms with Gasteiger partial charge in [-0.05, 0) is 43.7 Å². The van der Waals surface area contributed by atoms with Crippen molar-refractivity contribution in [2.75, 3.05) is 19.5 Å². The van der Waals surface area contributed by atoms with Gasteiger partial charge in [0, 0.05) is 36.9 Å². The first-order valence-corrected chi connectivity index (χ1v) is 8.98. The van der Waals surface area contributed by atoms with Crippen molar-refractivity contribution < 1.29 is 18.4 Å². The molecule has 1 aliphatic rings. The number of benzene rings is 1. The molecule has 24 heavy (non-hydrogen) atoms. The predicted octanol–water partition coefficient (Wildman–Crippen LogP) is 3.24. The number of anilines is 1. The lowest BCUT2D eigenvalue weighted by atomic mass is 10.1. The fourth-order valence-corrected chi connectivity index (χ4v) is 3.94. The van der Waals surface area contributed by atoms with Crippen molar-refractivity contribution in [2.24, 2.45) is 0 Å². The normalized spacial score (nSPS) is 15.7. The van der Waals surface area contributed by atoms with Gasteiger partial charge < -0.3 is 19.3 Å². The van der Waals surface area contributed by atoms with Gasteiger partial charge in [0.1, 0.15) is 0 Å². The van der Waals surface area contributed by atoms with E-state index in [1.807, 2.05) is 26.0 Å². The lowest BCUT2D eigenvalue weighted by Gasteiger charge is -2.14. The van der Waals surface area contributed by atoms with Crippen LogP contribution >= 0.6 is 7.60 Å². The Morgan fingerprint density at radius 1 is 1.12 bits per heavy atom. The van der Waals surface area contributed by atoms with Crippen LogP contribution in [0.1, 0.15) is 22.5 Å². The van der Waals surface area contributed by atoms with Gasteiger partial charge in [-0.3, -0.25) is 9.36 Å². The summed E-state index contributed by atoms with van der Waals surface area (Å²) in [6, 6.07) is 7.07. The van der Waals surface area contributed by atoms with Crippen LogP contribution in [0.3, 0.4) is 0 Å². The Labute approximate surface area is 140 Å². The number of nitrogens with one attached hydrogen (secondary N) is 2. The Balaban J connectivity index is 2.06. The molecule has 0 radical (unpaired) electrons. The summed E-state index contributed by atoms with van der Waals surface area (Å²) in [5.74, 6) is -0.196. The van der Waals surface area contributed by atoms with Crippen molar-refractivity contribution in [3.8, 4) is 0 Å². The van der Waals surface area contributed by atoms with E-state index in [-0.39, 0.29) is 5.91 Å². The SMILES string of the molecule is COP(=O)(OC)c1ccc2c(c1)NC(=O)C2=Cc1[nH]c(C)cc1C. The molecule has 0 saturated heterocycles. The van der Waals surface area contributed by atoms with E-state index in [2.05, 4.69) is 10.3 Å². The van der Waals surface area contributed by atoms with Crippen molar-refractivity contribution in [1.82, 2.24) is 4.98 Å². The van der Waals surface area contributed by atoms with Crippen LogP contribution in [0.15, 0.2) is 24.3 Å². The van der Waals surface area contributed by atoms with E-state index in [0.29, 0.717) is 16.6 Å². The summed E-state index contributed by atoms with van der Waals surface area (Å²) in [6.07, 6.45) is 1.83. The third-order valence-electron chi connectivity index (χ3n) is 4.06. The molecule has 0 atom stereocenters. The number of carbonyl (C=O) groups is 1. The zero-order chi connectivity index (χ0) is 17.5. The number of carbonyl (C=O) groups excluding carboxylic acids is 1. The van der Waals surface area contributed by atoms with Gasteiger partial charge in [0.05, 0.1) is 10.9 Å². The molecular weight excluding hydrogens is 327 g/mol. The van der Waals surface area contributed by atoms with E-state index in [1.165, 1.54) is 14.2 Å². The van der Waals surface area contributed by atoms with Gasteiger partial charge in [0.25, 0.3) is 5.91 Å². The molecule has 2 N–H and O–H groups in total. The third-order valence-corrected chi connectivity index (χ3v) is 5.93. The highest BCUT2D eigenvalue weighted by Gasteiger charge is 2.30. The van der Waals surface area contributed by atoms with E-state index in [4.69, 9.17) is 9.05 Å². The molecule has 0 spiro atoms. The molecule has 1 aliphatic heterocycles. The van der Waals surface area contributed by atoms with Crippen LogP contribution in [-0.4, -0.2) is 25.1 Å². The van der Waals surface area contributed by atoms with Crippen LogP contribution in [0.2, 0.25) is 0 Å². The molecule has 7 heteroatoms. The molecule has 2 heterocycles. The average Bonchev–Trinajstić information content (AvgIpc) is 3.05. The van der Waals surface area contributed by atoms with Gasteiger partial charge in [0.2, 0.25) is 0 Å². The number of hydrogen-bond acceptors (Lipinski definition) is 4. The second-order valence-electron chi connectivity index (χ2n) is 5.65. The minimum absolute atomic E-state index is 0.196. The van der Waals surface area contributed by atoms with Gasteiger partial charge in [-0.15, -0.1) is 0 Å². The second kappa shape index (κ2) is 6.06. The van der Waals surface area contributed by atoms with Crippen LogP contribution in [0.25, 0.3) is 11.6 Å². The van der Waals surface area contributed by atoms with Crippen LogP contribution in [-0.2, 0) is 18.4 Å². The monoisotopic (exact) mass is 346 g/mol. The molecule has 126 valence electrons. The molecule has 2 aromatic rings. The van der Waals surface area contributed by atoms with Crippen LogP contribution in [0.4, 0.5) is 5.69 Å². The summed E-state index contributed by atoms with van der Waals surface area (Å²) in [7, 11) is -0.691. The topological polar surface area (TPSA) is 80.4 Å². The summed E-state index contributed by atoms with van der Waals surface area (Å²) in [6.45, 7) is 3.96. The number of amides is 1. The largest absolute Gasteiger partial charge is 0.360 e. The smallest absolute Gasteiger partial charge is 0.359 e. The lowest BCUT2D eigenvalue weighted by Crippen LogP contribution is -2.09. The zero-order valence-electron chi connectivity index (χ0n) is 14.0. The number of H-pyrrole nitrogens is 1. The number of hydrogen-bond donors (Lipinski definition) is 2. The first-order valence-electron chi connectivity index (χ1n) is 7.43. The van der Waals surface area contributed by atoms with Gasteiger partial charge in [-0.1, -0.05) is 6.07 Å². The molecule has 0 aliphatic carbocycles. The highest BCUT2D eigenvalue weighted by Crippen LogP contribution is 2.46. The number of aromatic nitrogens is 1. The molecule has 6 nitrogen and oxygen atoms in total. The van der Waals surface area contributed by atoms with E-state index >= 15 is 0 Å². The van der Waals surface area contributed by atoms with Gasteiger partial charge in [-0.2, -0.15) is 0 Å². The van der Waals surface area contributed by atoms with E-state index in [0.717, 1.165) is 22.5 Å². The van der Waals surface area contributed by atoms with E-state index < -0.39 is 7.60 Å². The van der Waals surface area contributed by atoms with Gasteiger partial charge in [0.15, 0.2) is 0 Å². The predicted molar refractivity (Wildman–Crippen MR) is 94.5 cm³/mol. The van der Waals surface area contributed by atoms with E-state index in [9.17, 15) is 9.36 Å². The van der Waals surface area contributed by atoms with Crippen LogP contribution < -0.4 is 10.6 Å². The number of rotatable bonds is 4. The molecule has 1 amide bonds. The molecule has 0 saturated carbocycles. The Bertz CT molecular complexity index is 890. The van der Waals surface area contributed by atoms with Crippen LogP contribution in [0.5, 0.6) is 0 Å². The maximum atomic E-state index is 12.5. The van der Waals surface area contributed by atoms with Crippen molar-refractivity contribution in [1.29, 1.82) is 0 Å². The van der Waals surface area contributed by atoms with Crippen molar-refractivity contribution >= 4 is 36.1 Å². The van der Waals surface area contributed by atoms with Crippen molar-refractivity contribution in [3.05, 3.63) is 46.8 Å². The second-order valence-corrected chi connectivity index (χ2v) is 7.90. The number of aryl methyl sites for hydroxylation is 2. The summed E-state index contributed by atoms with van der Waals surface area (Å²) < 4.78 is 22.5. The Kier molecular flexibility index (Phi) is 4.22. The van der Waals surface area contributed by atoms with E-state index in [1.54, 1.807) is 18.2 Å². The molecule has 1 aromatic heterocycles. The maximum absolute atomic E-state index is 12.5. The van der Waals surface area contributed by atoms with Gasteiger partial charge in [-0.25, -0.2) is 0 Å². The molecular formula is C17H19N2O4P. The minimum Gasteiger partial charge on any atom is -0.359 e. The number of fused-ring (bicyclic) bond motifs is 1. The highest BCUT2D eigenvalue weighted by molar-refractivity contribution is 7.62. The minimum atomic E-state index is -3.35. The summed E-state index contributed by atoms with van der Waals surface area (Å²) >= 11 is 0. The Morgan fingerprint density at radius 2 is 1.83 bits per heavy atom. The molecule has 0 fully saturated rings. The molecule has 1 aromatic carbocycles. The van der Waals surface area contributed by atoms with Crippen molar-refractivity contribution in [2.45, 2.75) is 13.8 Å². The van der Waals surface area contributed by atoms with Crippen LogP contribution in [0, 0.1) is 13.8 Å². The third kappa shape index (κ3) is 2.73. The summed E-state index contributed by atoms with van der Waals surface area (Å²) in [5.41, 5.74) is 4.92. The van der Waals surface area contributed by atoms with Gasteiger partial charge >= 0.3 is 7.60 Å². The first-order chi connectivity index (χ1) is 11.4. The van der Waals surface area contributed by atoms with Crippen molar-refractivity contribution in [3.63, 3.8) is 0 Å². The first kappa shape index (κ1) is 16.7. The zero-order valence-corrected chi connectivity index (χ0v) is 14.9. The Morgan fingerprint density at radius 3 is 2.42 bits per heavy atom. The summed E-state index contributed by atoms with van der Waals surface area (Å²) in [4.78, 5) is 15.6. The fourth-order valence-electron chi connectivity index (χ4n) is 2.83. The highest BCUT2D eigenvalue weighted by atomic mass is 31.2. The number of aromatic amines is 1. The standard InChI is InChI=1S/C17H19N2O4P/c1-10-7-11(2)18-15(10)9-14-13-6-5-12(24(21,22-3)23-4)8-16(13)19-17(14)20/h5-9,18H,1-4H3,(H,19,20).